The fourth-order valence-electron chi connectivity index (χ4n) is 3.11. The molecule has 0 atom stereocenters. The van der Waals surface area contributed by atoms with Crippen LogP contribution in [0.1, 0.15) is 24.4 Å². The first-order valence-corrected chi connectivity index (χ1v) is 9.15. The molecule has 3 heterocycles. The van der Waals surface area contributed by atoms with Gasteiger partial charge >= 0.3 is 0 Å². The van der Waals surface area contributed by atoms with Gasteiger partial charge in [0.15, 0.2) is 0 Å². The highest BCUT2D eigenvalue weighted by atomic mass is 35.5. The van der Waals surface area contributed by atoms with Gasteiger partial charge < -0.3 is 10.6 Å². The third-order valence-electron chi connectivity index (χ3n) is 4.62. The van der Waals surface area contributed by atoms with E-state index >= 15 is 0 Å². The number of hydrogen-bond acceptors (Lipinski definition) is 6. The van der Waals surface area contributed by atoms with Gasteiger partial charge in [-0.2, -0.15) is 10.4 Å². The molecule has 1 aromatic carbocycles. The van der Waals surface area contributed by atoms with Gasteiger partial charge in [0, 0.05) is 35.4 Å². The third-order valence-corrected chi connectivity index (χ3v) is 4.93. The van der Waals surface area contributed by atoms with Crippen LogP contribution in [-0.2, 0) is 0 Å². The van der Waals surface area contributed by atoms with Gasteiger partial charge in [0.2, 0.25) is 5.95 Å². The Hall–Kier alpha value is -2.95. The van der Waals surface area contributed by atoms with Crippen LogP contribution in [0, 0.1) is 11.3 Å². The SMILES string of the molecule is N#Cc1ccc(Nc2ncc(-c3cnn(C4CCNCC4)c3)cn2)cc1Cl. The van der Waals surface area contributed by atoms with E-state index in [1.807, 2.05) is 16.9 Å². The summed E-state index contributed by atoms with van der Waals surface area (Å²) in [6, 6.07) is 7.59. The van der Waals surface area contributed by atoms with Crippen LogP contribution in [0.15, 0.2) is 43.0 Å². The molecule has 0 bridgehead atoms. The molecular formula is C19H18ClN7. The van der Waals surface area contributed by atoms with Gasteiger partial charge in [-0.15, -0.1) is 0 Å². The molecule has 4 rings (SSSR count). The van der Waals surface area contributed by atoms with Crippen LogP contribution in [-0.4, -0.2) is 32.8 Å². The maximum Gasteiger partial charge on any atom is 0.227 e. The van der Waals surface area contributed by atoms with Crippen molar-refractivity contribution in [3.63, 3.8) is 0 Å². The summed E-state index contributed by atoms with van der Waals surface area (Å²) in [6.45, 7) is 2.06. The molecule has 0 spiro atoms. The molecule has 3 aromatic rings. The zero-order valence-corrected chi connectivity index (χ0v) is 15.3. The van der Waals surface area contributed by atoms with Gasteiger partial charge in [-0.3, -0.25) is 4.68 Å². The second-order valence-corrected chi connectivity index (χ2v) is 6.82. The highest BCUT2D eigenvalue weighted by Crippen LogP contribution is 2.24. The Kier molecular flexibility index (Phi) is 5.01. The first-order valence-electron chi connectivity index (χ1n) is 8.77. The lowest BCUT2D eigenvalue weighted by Crippen LogP contribution is -2.29. The maximum atomic E-state index is 8.93. The molecule has 7 nitrogen and oxygen atoms in total. The van der Waals surface area contributed by atoms with Gasteiger partial charge in [0.05, 0.1) is 22.8 Å². The molecule has 0 amide bonds. The highest BCUT2D eigenvalue weighted by Gasteiger charge is 2.16. The number of nitrogens with one attached hydrogen (secondary N) is 2. The lowest BCUT2D eigenvalue weighted by atomic mass is 10.1. The number of nitrogens with zero attached hydrogens (tertiary/aromatic N) is 5. The average Bonchev–Trinajstić information content (AvgIpc) is 3.20. The second kappa shape index (κ2) is 7.74. The maximum absolute atomic E-state index is 8.93. The summed E-state index contributed by atoms with van der Waals surface area (Å²) in [4.78, 5) is 8.73. The quantitative estimate of drug-likeness (QED) is 0.720. The topological polar surface area (TPSA) is 91.5 Å². The summed E-state index contributed by atoms with van der Waals surface area (Å²) in [5.74, 6) is 0.463. The molecule has 1 aliphatic rings. The molecule has 0 saturated carbocycles. The molecule has 27 heavy (non-hydrogen) atoms. The Morgan fingerprint density at radius 2 is 1.93 bits per heavy atom. The van der Waals surface area contributed by atoms with E-state index in [1.54, 1.807) is 30.6 Å². The third kappa shape index (κ3) is 3.92. The molecule has 1 saturated heterocycles. The minimum atomic E-state index is 0.393. The molecule has 1 aliphatic heterocycles. The first kappa shape index (κ1) is 17.5. The Morgan fingerprint density at radius 3 is 2.63 bits per heavy atom. The molecule has 0 aliphatic carbocycles. The number of aromatic nitrogens is 4. The van der Waals surface area contributed by atoms with Crippen LogP contribution in [0.4, 0.5) is 11.6 Å². The zero-order valence-electron chi connectivity index (χ0n) is 14.6. The number of nitriles is 1. The van der Waals surface area contributed by atoms with E-state index in [0.717, 1.165) is 42.7 Å². The van der Waals surface area contributed by atoms with Gasteiger partial charge in [-0.05, 0) is 44.1 Å². The average molecular weight is 380 g/mol. The predicted octanol–water partition coefficient (Wildman–Crippen LogP) is 3.53. The van der Waals surface area contributed by atoms with E-state index in [9.17, 15) is 0 Å². The number of piperidine rings is 1. The normalized spacial score (nSPS) is 14.7. The van der Waals surface area contributed by atoms with E-state index in [-0.39, 0.29) is 0 Å². The number of halogens is 1. The molecule has 1 fully saturated rings. The van der Waals surface area contributed by atoms with E-state index < -0.39 is 0 Å². The Labute approximate surface area is 162 Å². The predicted molar refractivity (Wildman–Crippen MR) is 104 cm³/mol. The summed E-state index contributed by atoms with van der Waals surface area (Å²) in [7, 11) is 0. The fraction of sp³-hybridized carbons (Fsp3) is 0.263. The van der Waals surface area contributed by atoms with Crippen LogP contribution < -0.4 is 10.6 Å². The summed E-state index contributed by atoms with van der Waals surface area (Å²) in [6.07, 6.45) is 9.63. The molecule has 136 valence electrons. The van der Waals surface area contributed by atoms with Crippen LogP contribution in [0.25, 0.3) is 11.1 Å². The number of benzene rings is 1. The largest absolute Gasteiger partial charge is 0.324 e. The fourth-order valence-corrected chi connectivity index (χ4v) is 3.34. The second-order valence-electron chi connectivity index (χ2n) is 6.42. The van der Waals surface area contributed by atoms with Gasteiger partial charge in [0.25, 0.3) is 0 Å². The minimum absolute atomic E-state index is 0.393. The molecule has 2 N–H and O–H groups in total. The van der Waals surface area contributed by atoms with Gasteiger partial charge in [-0.25, -0.2) is 9.97 Å². The Balaban J connectivity index is 1.47. The van der Waals surface area contributed by atoms with Crippen molar-refractivity contribution in [1.82, 2.24) is 25.1 Å². The monoisotopic (exact) mass is 379 g/mol. The molecular weight excluding hydrogens is 362 g/mol. The zero-order chi connectivity index (χ0) is 18.6. The van der Waals surface area contributed by atoms with Crippen LogP contribution in [0.2, 0.25) is 5.02 Å². The van der Waals surface area contributed by atoms with Crippen molar-refractivity contribution < 1.29 is 0 Å². The van der Waals surface area contributed by atoms with Crippen molar-refractivity contribution in [3.05, 3.63) is 53.6 Å². The van der Waals surface area contributed by atoms with Crippen molar-refractivity contribution in [2.24, 2.45) is 0 Å². The lowest BCUT2D eigenvalue weighted by molar-refractivity contribution is 0.343. The molecule has 8 heteroatoms. The Bertz CT molecular complexity index is 968. The van der Waals surface area contributed by atoms with Crippen molar-refractivity contribution in [1.29, 1.82) is 5.26 Å². The molecule has 0 radical (unpaired) electrons. The van der Waals surface area contributed by atoms with Crippen molar-refractivity contribution >= 4 is 23.2 Å². The van der Waals surface area contributed by atoms with Crippen molar-refractivity contribution in [2.75, 3.05) is 18.4 Å². The highest BCUT2D eigenvalue weighted by molar-refractivity contribution is 6.32. The van der Waals surface area contributed by atoms with Crippen molar-refractivity contribution in [2.45, 2.75) is 18.9 Å². The van der Waals surface area contributed by atoms with Crippen LogP contribution in [0.5, 0.6) is 0 Å². The van der Waals surface area contributed by atoms with Crippen LogP contribution >= 0.6 is 11.6 Å². The van der Waals surface area contributed by atoms with Gasteiger partial charge in [0.1, 0.15) is 6.07 Å². The first-order chi connectivity index (χ1) is 13.2. The van der Waals surface area contributed by atoms with Gasteiger partial charge in [-0.1, -0.05) is 11.6 Å². The summed E-state index contributed by atoms with van der Waals surface area (Å²) in [5, 5.41) is 20.3. The minimum Gasteiger partial charge on any atom is -0.324 e. The van der Waals surface area contributed by atoms with Crippen LogP contribution in [0.3, 0.4) is 0 Å². The molecule has 0 unspecified atom stereocenters. The summed E-state index contributed by atoms with van der Waals surface area (Å²) >= 11 is 6.05. The summed E-state index contributed by atoms with van der Waals surface area (Å²) in [5.41, 5.74) is 3.08. The van der Waals surface area contributed by atoms with E-state index in [2.05, 4.69) is 31.9 Å². The van der Waals surface area contributed by atoms with E-state index in [4.69, 9.17) is 16.9 Å². The summed E-state index contributed by atoms with van der Waals surface area (Å²) < 4.78 is 2.04. The smallest absolute Gasteiger partial charge is 0.227 e. The van der Waals surface area contributed by atoms with E-state index in [1.165, 1.54) is 0 Å². The lowest BCUT2D eigenvalue weighted by Gasteiger charge is -2.22. The number of anilines is 2. The molecule has 2 aromatic heterocycles. The van der Waals surface area contributed by atoms with E-state index in [0.29, 0.717) is 22.6 Å². The number of rotatable bonds is 4. The number of hydrogen-bond donors (Lipinski definition) is 2. The standard InChI is InChI=1S/C19H18ClN7/c20-18-7-16(2-1-13(18)8-21)26-19-23-9-14(10-24-19)15-11-25-27(12-15)17-3-5-22-6-4-17/h1-2,7,9-12,17,22H,3-6H2,(H,23,24,26). The Morgan fingerprint density at radius 1 is 1.15 bits per heavy atom. The van der Waals surface area contributed by atoms with Crippen molar-refractivity contribution in [3.8, 4) is 17.2 Å².